The largest absolute Gasteiger partial charge is 0.394 e. The maximum absolute atomic E-state index is 13.4. The second-order valence-electron chi connectivity index (χ2n) is 29.2. The van der Waals surface area contributed by atoms with Gasteiger partial charge in [0, 0.05) is 6.42 Å². The zero-order valence-corrected chi connectivity index (χ0v) is 63.5. The van der Waals surface area contributed by atoms with E-state index in [2.05, 4.69) is 79.9 Å². The molecule has 2 fully saturated rings. The first-order valence-corrected chi connectivity index (χ1v) is 41.7. The molecule has 12 atom stereocenters. The molecule has 0 bridgehead atoms. The van der Waals surface area contributed by atoms with Gasteiger partial charge in [-0.3, -0.25) is 4.79 Å². The number of unbranched alkanes of at least 4 members (excludes halogenated alkanes) is 47. The Balaban J connectivity index is 1.62. The standard InChI is InChI=1S/C85H155NO13/c1-3-5-7-9-11-13-15-17-19-21-23-25-27-29-31-33-35-36-37-38-39-41-43-45-47-49-51-53-55-57-59-61-63-65-67-69-77(90)86-73(72-96-84-82(95)80(93)83(76(71-88)98-84)99-85-81(94)79(92)78(91)75(70-87)97-85)74(89)68-66-64-62-60-58-56-54-52-50-48-46-44-42-40-34-32-30-28-26-24-22-20-18-16-14-12-10-8-6-4-2/h15,17,21,23,27,29,50,52,58,60,66,68,73-76,78-85,87-89,91-95H,3-14,16,18-20,22,24-26,28,30-49,51,53-57,59,61-65,67,69-72H2,1-2H3,(H,86,90)/b17-15-,23-21-,29-27-,52-50+,60-58+,68-66+. The number of carbonyl (C=O) groups excluding carboxylic acids is 1. The lowest BCUT2D eigenvalue weighted by atomic mass is 9.97. The van der Waals surface area contributed by atoms with Crippen molar-refractivity contribution in [2.75, 3.05) is 19.8 Å². The van der Waals surface area contributed by atoms with E-state index in [1.165, 1.54) is 276 Å². The topological polar surface area (TPSA) is 228 Å². The van der Waals surface area contributed by atoms with Gasteiger partial charge in [-0.2, -0.15) is 0 Å². The molecule has 0 aromatic carbocycles. The summed E-state index contributed by atoms with van der Waals surface area (Å²) in [6, 6.07) is -0.942. The zero-order chi connectivity index (χ0) is 71.5. The number of nitrogens with one attached hydrogen (secondary N) is 1. The molecule has 2 aliphatic rings. The predicted octanol–water partition coefficient (Wildman–Crippen LogP) is 19.3. The quantitative estimate of drug-likeness (QED) is 0.0204. The van der Waals surface area contributed by atoms with Crippen LogP contribution in [0.5, 0.6) is 0 Å². The van der Waals surface area contributed by atoms with E-state index in [9.17, 15) is 45.6 Å². The maximum Gasteiger partial charge on any atom is 0.220 e. The van der Waals surface area contributed by atoms with Gasteiger partial charge in [0.05, 0.1) is 32.0 Å². The van der Waals surface area contributed by atoms with Crippen molar-refractivity contribution in [1.29, 1.82) is 0 Å². The highest BCUT2D eigenvalue weighted by molar-refractivity contribution is 5.76. The molecule has 2 heterocycles. The third kappa shape index (κ3) is 51.3. The Morgan fingerprint density at radius 1 is 0.364 bits per heavy atom. The minimum Gasteiger partial charge on any atom is -0.394 e. The molecule has 0 saturated carbocycles. The third-order valence-corrected chi connectivity index (χ3v) is 20.1. The SMILES string of the molecule is CCCCCCC/C=C\C/C=C\C/C=C\CCCCCCCCCCCCCCCCCCCCCCC(=O)NC(COC1OC(CO)C(OC2OC(CO)C(O)C(O)C2O)C(O)C1O)C(O)/C=C/CC/C=C/CC/C=C/CCCCCCCCCCCCCCCCCCCCCC. The van der Waals surface area contributed by atoms with Crippen LogP contribution < -0.4 is 5.32 Å². The highest BCUT2D eigenvalue weighted by atomic mass is 16.7. The molecule has 2 rings (SSSR count). The number of hydrogen-bond donors (Lipinski definition) is 9. The molecule has 14 nitrogen and oxygen atoms in total. The summed E-state index contributed by atoms with van der Waals surface area (Å²) in [6.07, 6.45) is 78.6. The van der Waals surface area contributed by atoms with E-state index >= 15 is 0 Å². The Morgan fingerprint density at radius 2 is 0.677 bits per heavy atom. The van der Waals surface area contributed by atoms with Crippen molar-refractivity contribution in [1.82, 2.24) is 5.32 Å². The summed E-state index contributed by atoms with van der Waals surface area (Å²) < 4.78 is 22.9. The summed E-state index contributed by atoms with van der Waals surface area (Å²) in [5.41, 5.74) is 0. The first-order chi connectivity index (χ1) is 48.6. The van der Waals surface area contributed by atoms with Crippen LogP contribution in [0, 0.1) is 0 Å². The van der Waals surface area contributed by atoms with Gasteiger partial charge in [0.1, 0.15) is 48.8 Å². The number of ether oxygens (including phenoxy) is 4. The van der Waals surface area contributed by atoms with E-state index in [-0.39, 0.29) is 18.9 Å². The molecule has 0 aromatic heterocycles. The Bertz CT molecular complexity index is 1940. The average molecular weight is 1400 g/mol. The summed E-state index contributed by atoms with van der Waals surface area (Å²) in [4.78, 5) is 13.4. The van der Waals surface area contributed by atoms with Gasteiger partial charge in [0.15, 0.2) is 12.6 Å². The number of aliphatic hydroxyl groups excluding tert-OH is 8. The smallest absolute Gasteiger partial charge is 0.220 e. The molecule has 0 spiro atoms. The summed E-state index contributed by atoms with van der Waals surface area (Å²) >= 11 is 0. The van der Waals surface area contributed by atoms with Gasteiger partial charge < -0.3 is 65.1 Å². The van der Waals surface area contributed by atoms with Crippen LogP contribution in [0.2, 0.25) is 0 Å². The fourth-order valence-electron chi connectivity index (χ4n) is 13.5. The number of carbonyl (C=O) groups is 1. The van der Waals surface area contributed by atoms with Crippen LogP contribution in [0.4, 0.5) is 0 Å². The number of hydrogen-bond acceptors (Lipinski definition) is 13. The highest BCUT2D eigenvalue weighted by Crippen LogP contribution is 2.30. The molecule has 0 aliphatic carbocycles. The lowest BCUT2D eigenvalue weighted by Gasteiger charge is -2.46. The van der Waals surface area contributed by atoms with Crippen molar-refractivity contribution >= 4 is 5.91 Å². The second-order valence-corrected chi connectivity index (χ2v) is 29.2. The number of rotatable bonds is 70. The number of allylic oxidation sites excluding steroid dienone is 11. The minimum atomic E-state index is -1.80. The fraction of sp³-hybridized carbons (Fsp3) is 0.847. The van der Waals surface area contributed by atoms with Crippen LogP contribution in [0.25, 0.3) is 0 Å². The van der Waals surface area contributed by atoms with E-state index in [1.807, 2.05) is 6.08 Å². The Morgan fingerprint density at radius 3 is 1.06 bits per heavy atom. The summed E-state index contributed by atoms with van der Waals surface area (Å²) in [5.74, 6) is -0.248. The van der Waals surface area contributed by atoms with Gasteiger partial charge in [-0.05, 0) is 83.5 Å². The predicted molar refractivity (Wildman–Crippen MR) is 410 cm³/mol. The first-order valence-electron chi connectivity index (χ1n) is 41.7. The van der Waals surface area contributed by atoms with E-state index in [0.717, 1.165) is 57.8 Å². The monoisotopic (exact) mass is 1400 g/mol. The van der Waals surface area contributed by atoms with Gasteiger partial charge >= 0.3 is 0 Å². The van der Waals surface area contributed by atoms with Crippen molar-refractivity contribution in [2.24, 2.45) is 0 Å². The average Bonchev–Trinajstić information content (AvgIpc) is 0.799. The molecule has 0 radical (unpaired) electrons. The van der Waals surface area contributed by atoms with Crippen LogP contribution in [-0.4, -0.2) is 140 Å². The van der Waals surface area contributed by atoms with Crippen LogP contribution in [0.3, 0.4) is 0 Å². The molecule has 2 saturated heterocycles. The third-order valence-electron chi connectivity index (χ3n) is 20.1. The van der Waals surface area contributed by atoms with Gasteiger partial charge in [-0.15, -0.1) is 0 Å². The minimum absolute atomic E-state index is 0.248. The van der Waals surface area contributed by atoms with Gasteiger partial charge in [0.2, 0.25) is 5.91 Å². The zero-order valence-electron chi connectivity index (χ0n) is 63.5. The normalized spacial score (nSPS) is 22.3. The van der Waals surface area contributed by atoms with Crippen molar-refractivity contribution < 1.29 is 64.6 Å². The Hall–Kier alpha value is -2.57. The van der Waals surface area contributed by atoms with Gasteiger partial charge in [-0.1, -0.05) is 350 Å². The molecule has 99 heavy (non-hydrogen) atoms. The fourth-order valence-corrected chi connectivity index (χ4v) is 13.5. The summed E-state index contributed by atoms with van der Waals surface area (Å²) in [5, 5.41) is 87.7. The molecular weight excluding hydrogens is 1240 g/mol. The molecular formula is C85H155NO13. The van der Waals surface area contributed by atoms with Crippen LogP contribution >= 0.6 is 0 Å². The molecule has 1 amide bonds. The molecule has 12 unspecified atom stereocenters. The van der Waals surface area contributed by atoms with E-state index in [1.54, 1.807) is 6.08 Å². The second kappa shape index (κ2) is 68.5. The van der Waals surface area contributed by atoms with Crippen molar-refractivity contribution in [3.8, 4) is 0 Å². The molecule has 2 aliphatic heterocycles. The van der Waals surface area contributed by atoms with Crippen molar-refractivity contribution in [3.63, 3.8) is 0 Å². The van der Waals surface area contributed by atoms with Gasteiger partial charge in [-0.25, -0.2) is 0 Å². The summed E-state index contributed by atoms with van der Waals surface area (Å²) in [7, 11) is 0. The van der Waals surface area contributed by atoms with E-state index in [0.29, 0.717) is 12.8 Å². The van der Waals surface area contributed by atoms with Crippen molar-refractivity contribution in [2.45, 2.75) is 441 Å². The van der Waals surface area contributed by atoms with E-state index in [4.69, 9.17) is 18.9 Å². The highest BCUT2D eigenvalue weighted by Gasteiger charge is 2.51. The summed E-state index contributed by atoms with van der Waals surface area (Å²) in [6.45, 7) is 2.82. The van der Waals surface area contributed by atoms with E-state index < -0.39 is 86.8 Å². The van der Waals surface area contributed by atoms with Crippen LogP contribution in [-0.2, 0) is 23.7 Å². The van der Waals surface area contributed by atoms with Crippen molar-refractivity contribution in [3.05, 3.63) is 72.9 Å². The number of aliphatic hydroxyl groups is 8. The Labute approximate surface area is 606 Å². The van der Waals surface area contributed by atoms with Crippen LogP contribution in [0.1, 0.15) is 367 Å². The maximum atomic E-state index is 13.4. The molecule has 9 N–H and O–H groups in total. The Kier molecular flexibility index (Phi) is 64.0. The first kappa shape index (κ1) is 92.5. The molecule has 0 aromatic rings. The molecule has 14 heteroatoms. The van der Waals surface area contributed by atoms with Crippen LogP contribution in [0.15, 0.2) is 72.9 Å². The lowest BCUT2D eigenvalue weighted by molar-refractivity contribution is -0.359. The van der Waals surface area contributed by atoms with Gasteiger partial charge in [0.25, 0.3) is 0 Å². The molecule has 578 valence electrons. The number of amides is 1. The lowest BCUT2D eigenvalue weighted by Crippen LogP contribution is -2.65.